The van der Waals surface area contributed by atoms with E-state index in [1.165, 1.54) is 18.2 Å². The lowest BCUT2D eigenvalue weighted by atomic mass is 9.97. The van der Waals surface area contributed by atoms with Gasteiger partial charge in [0.15, 0.2) is 0 Å². The fourth-order valence-electron chi connectivity index (χ4n) is 3.19. The molecule has 3 rings (SSSR count). The molecule has 1 atom stereocenters. The average Bonchev–Trinajstić information content (AvgIpc) is 2.70. The van der Waals surface area contributed by atoms with E-state index in [0.717, 1.165) is 11.1 Å². The summed E-state index contributed by atoms with van der Waals surface area (Å²) in [5.74, 6) is -0.862. The maximum Gasteiger partial charge on any atom is 0.234 e. The van der Waals surface area contributed by atoms with Gasteiger partial charge in [-0.25, -0.2) is 8.78 Å². The van der Waals surface area contributed by atoms with E-state index in [1.807, 2.05) is 42.3 Å². The minimum Gasteiger partial charge on any atom is -0.351 e. The lowest BCUT2D eigenvalue weighted by Crippen LogP contribution is -2.37. The molecule has 5 heteroatoms. The Kier molecular flexibility index (Phi) is 6.50. The molecule has 0 fully saturated rings. The van der Waals surface area contributed by atoms with Gasteiger partial charge >= 0.3 is 0 Å². The Morgan fingerprint density at radius 2 is 1.50 bits per heavy atom. The number of carbonyl (C=O) groups excluding carboxylic acids is 1. The molecule has 0 radical (unpaired) electrons. The number of likely N-dealkylation sites (N-methyl/N-ethyl adjacent to an activating group) is 1. The monoisotopic (exact) mass is 380 g/mol. The zero-order valence-corrected chi connectivity index (χ0v) is 15.6. The molecular weight excluding hydrogens is 358 g/mol. The van der Waals surface area contributed by atoms with Gasteiger partial charge in [-0.1, -0.05) is 60.7 Å². The highest BCUT2D eigenvalue weighted by Crippen LogP contribution is 2.27. The van der Waals surface area contributed by atoms with Crippen molar-refractivity contribution >= 4 is 5.91 Å². The number of nitrogens with one attached hydrogen (secondary N) is 1. The van der Waals surface area contributed by atoms with Crippen LogP contribution in [0.4, 0.5) is 8.78 Å². The van der Waals surface area contributed by atoms with Crippen LogP contribution in [0.15, 0.2) is 78.9 Å². The van der Waals surface area contributed by atoms with E-state index in [9.17, 15) is 13.6 Å². The number of halogens is 2. The summed E-state index contributed by atoms with van der Waals surface area (Å²) in [4.78, 5) is 14.3. The van der Waals surface area contributed by atoms with Gasteiger partial charge in [0.1, 0.15) is 11.6 Å². The van der Waals surface area contributed by atoms with Crippen molar-refractivity contribution in [3.05, 3.63) is 107 Å². The standard InChI is InChI=1S/C23H22F2N2O/c1-27(16-22(28)26-15-19-9-5-6-10-21(19)25)23(17-7-3-2-4-8-17)18-11-13-20(24)14-12-18/h2-14,23H,15-16H2,1H3,(H,26,28). The highest BCUT2D eigenvalue weighted by Gasteiger charge is 2.21. The molecule has 1 unspecified atom stereocenters. The van der Waals surface area contributed by atoms with E-state index >= 15 is 0 Å². The highest BCUT2D eigenvalue weighted by atomic mass is 19.1. The van der Waals surface area contributed by atoms with Gasteiger partial charge < -0.3 is 5.32 Å². The molecule has 28 heavy (non-hydrogen) atoms. The molecule has 0 spiro atoms. The second-order valence-corrected chi connectivity index (χ2v) is 6.65. The van der Waals surface area contributed by atoms with E-state index in [-0.39, 0.29) is 36.7 Å². The summed E-state index contributed by atoms with van der Waals surface area (Å²) >= 11 is 0. The van der Waals surface area contributed by atoms with Crippen LogP contribution in [-0.2, 0) is 11.3 Å². The number of hydrogen-bond donors (Lipinski definition) is 1. The number of rotatable bonds is 7. The molecular formula is C23H22F2N2O. The van der Waals surface area contributed by atoms with Gasteiger partial charge in [0.25, 0.3) is 0 Å². The molecule has 0 heterocycles. The predicted molar refractivity (Wildman–Crippen MR) is 106 cm³/mol. The van der Waals surface area contributed by atoms with Crippen LogP contribution in [0.3, 0.4) is 0 Å². The molecule has 0 aliphatic carbocycles. The zero-order chi connectivity index (χ0) is 19.9. The second kappa shape index (κ2) is 9.24. The van der Waals surface area contributed by atoms with Crippen molar-refractivity contribution in [2.75, 3.05) is 13.6 Å². The molecule has 144 valence electrons. The van der Waals surface area contributed by atoms with Crippen LogP contribution in [0.2, 0.25) is 0 Å². The average molecular weight is 380 g/mol. The molecule has 3 aromatic carbocycles. The molecule has 0 bridgehead atoms. The van der Waals surface area contributed by atoms with Crippen molar-refractivity contribution in [1.82, 2.24) is 10.2 Å². The van der Waals surface area contributed by atoms with Gasteiger partial charge in [-0.05, 0) is 36.4 Å². The first kappa shape index (κ1) is 19.7. The van der Waals surface area contributed by atoms with Crippen LogP contribution in [0.5, 0.6) is 0 Å². The summed E-state index contributed by atoms with van der Waals surface area (Å²) in [6.45, 7) is 0.247. The summed E-state index contributed by atoms with van der Waals surface area (Å²) in [6, 6.07) is 22.2. The summed E-state index contributed by atoms with van der Waals surface area (Å²) in [5, 5.41) is 2.76. The summed E-state index contributed by atoms with van der Waals surface area (Å²) < 4.78 is 27.1. The van der Waals surface area contributed by atoms with Crippen LogP contribution in [0.25, 0.3) is 0 Å². The van der Waals surface area contributed by atoms with Gasteiger partial charge in [-0.2, -0.15) is 0 Å². The first-order chi connectivity index (χ1) is 13.5. The summed E-state index contributed by atoms with van der Waals surface area (Å²) in [6.07, 6.45) is 0. The van der Waals surface area contributed by atoms with Crippen LogP contribution in [0.1, 0.15) is 22.7 Å². The minimum atomic E-state index is -0.343. The maximum absolute atomic E-state index is 13.7. The first-order valence-corrected chi connectivity index (χ1v) is 9.05. The van der Waals surface area contributed by atoms with Crippen molar-refractivity contribution < 1.29 is 13.6 Å². The molecule has 3 nitrogen and oxygen atoms in total. The molecule has 0 saturated heterocycles. The third kappa shape index (κ3) is 5.02. The number of benzene rings is 3. The molecule has 0 saturated carbocycles. The molecule has 3 aromatic rings. The normalized spacial score (nSPS) is 12.0. The van der Waals surface area contributed by atoms with E-state index in [2.05, 4.69) is 5.32 Å². The Labute approximate surface area is 163 Å². The van der Waals surface area contributed by atoms with Crippen LogP contribution < -0.4 is 5.32 Å². The molecule has 0 aromatic heterocycles. The van der Waals surface area contributed by atoms with Crippen molar-refractivity contribution in [3.8, 4) is 0 Å². The zero-order valence-electron chi connectivity index (χ0n) is 15.6. The Morgan fingerprint density at radius 3 is 2.18 bits per heavy atom. The maximum atomic E-state index is 13.7. The van der Waals surface area contributed by atoms with Crippen molar-refractivity contribution in [2.45, 2.75) is 12.6 Å². The Balaban J connectivity index is 1.72. The van der Waals surface area contributed by atoms with E-state index in [1.54, 1.807) is 30.3 Å². The summed E-state index contributed by atoms with van der Waals surface area (Å²) in [7, 11) is 1.84. The molecule has 0 aliphatic heterocycles. The fraction of sp³-hybridized carbons (Fsp3) is 0.174. The van der Waals surface area contributed by atoms with Crippen molar-refractivity contribution in [1.29, 1.82) is 0 Å². The number of nitrogens with zero attached hydrogens (tertiary/aromatic N) is 1. The van der Waals surface area contributed by atoms with Gasteiger partial charge in [0.2, 0.25) is 5.91 Å². The lowest BCUT2D eigenvalue weighted by Gasteiger charge is -2.28. The first-order valence-electron chi connectivity index (χ1n) is 9.05. The van der Waals surface area contributed by atoms with Crippen molar-refractivity contribution in [3.63, 3.8) is 0 Å². The third-order valence-corrected chi connectivity index (χ3v) is 4.57. The quantitative estimate of drug-likeness (QED) is 0.663. The number of hydrogen-bond acceptors (Lipinski definition) is 2. The summed E-state index contributed by atoms with van der Waals surface area (Å²) in [5.41, 5.74) is 2.33. The Morgan fingerprint density at radius 1 is 0.893 bits per heavy atom. The van der Waals surface area contributed by atoms with Gasteiger partial charge in [-0.3, -0.25) is 9.69 Å². The largest absolute Gasteiger partial charge is 0.351 e. The number of carbonyl (C=O) groups is 1. The molecule has 1 amide bonds. The Hall–Kier alpha value is -3.05. The van der Waals surface area contributed by atoms with E-state index in [0.29, 0.717) is 5.56 Å². The lowest BCUT2D eigenvalue weighted by molar-refractivity contribution is -0.122. The van der Waals surface area contributed by atoms with Crippen molar-refractivity contribution in [2.24, 2.45) is 0 Å². The fourth-order valence-corrected chi connectivity index (χ4v) is 3.19. The SMILES string of the molecule is CN(CC(=O)NCc1ccccc1F)C(c1ccccc1)c1ccc(F)cc1. The second-order valence-electron chi connectivity index (χ2n) is 6.65. The highest BCUT2D eigenvalue weighted by molar-refractivity contribution is 5.78. The smallest absolute Gasteiger partial charge is 0.234 e. The van der Waals surface area contributed by atoms with Gasteiger partial charge in [0.05, 0.1) is 12.6 Å². The minimum absolute atomic E-state index is 0.116. The van der Waals surface area contributed by atoms with E-state index < -0.39 is 0 Å². The van der Waals surface area contributed by atoms with Crippen LogP contribution >= 0.6 is 0 Å². The topological polar surface area (TPSA) is 32.3 Å². The molecule has 0 aliphatic rings. The predicted octanol–water partition coefficient (Wildman–Crippen LogP) is 4.30. The molecule has 1 N–H and O–H groups in total. The van der Waals surface area contributed by atoms with Gasteiger partial charge in [0, 0.05) is 12.1 Å². The van der Waals surface area contributed by atoms with Crippen LogP contribution in [0, 0.1) is 11.6 Å². The number of amides is 1. The van der Waals surface area contributed by atoms with E-state index in [4.69, 9.17) is 0 Å². The van der Waals surface area contributed by atoms with Crippen LogP contribution in [-0.4, -0.2) is 24.4 Å². The van der Waals surface area contributed by atoms with Gasteiger partial charge in [-0.15, -0.1) is 0 Å². The third-order valence-electron chi connectivity index (χ3n) is 4.57. The Bertz CT molecular complexity index is 913.